The zero-order valence-electron chi connectivity index (χ0n) is 13.3. The zero-order chi connectivity index (χ0) is 18.5. The van der Waals surface area contributed by atoms with Gasteiger partial charge in [-0.1, -0.05) is 30.3 Å². The van der Waals surface area contributed by atoms with Crippen molar-refractivity contribution in [2.75, 3.05) is 11.9 Å². The third kappa shape index (κ3) is 4.13. The van der Waals surface area contributed by atoms with Crippen LogP contribution in [0.2, 0.25) is 0 Å². The first-order valence-electron chi connectivity index (χ1n) is 7.40. The second-order valence-electron chi connectivity index (χ2n) is 5.06. The van der Waals surface area contributed by atoms with Crippen LogP contribution in [0.15, 0.2) is 47.2 Å². The maximum absolute atomic E-state index is 12.0. The molecule has 0 spiro atoms. The van der Waals surface area contributed by atoms with Crippen LogP contribution in [0.3, 0.4) is 0 Å². The molecule has 2 heterocycles. The van der Waals surface area contributed by atoms with Crippen LogP contribution in [0.5, 0.6) is 0 Å². The van der Waals surface area contributed by atoms with Gasteiger partial charge >= 0.3 is 5.97 Å². The van der Waals surface area contributed by atoms with Gasteiger partial charge in [0.25, 0.3) is 11.8 Å². The van der Waals surface area contributed by atoms with Crippen LogP contribution >= 0.6 is 22.7 Å². The molecular weight excluding hydrogens is 374 g/mol. The molecule has 3 N–H and O–H groups in total. The number of nitrogens with zero attached hydrogens (tertiary/aromatic N) is 1. The third-order valence-corrected chi connectivity index (χ3v) is 4.97. The van der Waals surface area contributed by atoms with E-state index in [2.05, 4.69) is 10.3 Å². The maximum Gasteiger partial charge on any atom is 0.358 e. The van der Waals surface area contributed by atoms with Gasteiger partial charge in [0.15, 0.2) is 12.3 Å². The first kappa shape index (κ1) is 17.8. The molecule has 0 saturated carbocycles. The number of esters is 1. The SMILES string of the molecule is NC(=O)c1ccsc1NC(=O)COC(=O)c1csc(-c2ccccc2)n1. The largest absolute Gasteiger partial charge is 0.451 e. The predicted molar refractivity (Wildman–Crippen MR) is 99.3 cm³/mol. The fourth-order valence-corrected chi connectivity index (χ4v) is 3.65. The second-order valence-corrected chi connectivity index (χ2v) is 6.83. The molecule has 0 unspecified atom stereocenters. The number of hydrogen-bond donors (Lipinski definition) is 2. The number of carbonyl (C=O) groups excluding carboxylic acids is 3. The summed E-state index contributed by atoms with van der Waals surface area (Å²) in [6, 6.07) is 10.9. The molecule has 0 radical (unpaired) electrons. The smallest absolute Gasteiger partial charge is 0.358 e. The average molecular weight is 387 g/mol. The minimum absolute atomic E-state index is 0.135. The van der Waals surface area contributed by atoms with Crippen LogP contribution in [0, 0.1) is 0 Å². The molecule has 7 nitrogen and oxygen atoms in total. The minimum atomic E-state index is -0.695. The highest BCUT2D eigenvalue weighted by Crippen LogP contribution is 2.24. The molecule has 26 heavy (non-hydrogen) atoms. The molecular formula is C17H13N3O4S2. The molecule has 0 bridgehead atoms. The Balaban J connectivity index is 1.57. The molecule has 0 aliphatic heterocycles. The van der Waals surface area contributed by atoms with Gasteiger partial charge < -0.3 is 15.8 Å². The van der Waals surface area contributed by atoms with E-state index in [9.17, 15) is 14.4 Å². The highest BCUT2D eigenvalue weighted by atomic mass is 32.1. The van der Waals surface area contributed by atoms with Gasteiger partial charge in [0, 0.05) is 10.9 Å². The summed E-state index contributed by atoms with van der Waals surface area (Å²) in [5.74, 6) is -1.91. The van der Waals surface area contributed by atoms with Crippen LogP contribution < -0.4 is 11.1 Å². The van der Waals surface area contributed by atoms with Crippen LogP contribution in [-0.2, 0) is 9.53 Å². The molecule has 0 saturated heterocycles. The number of anilines is 1. The highest BCUT2D eigenvalue weighted by molar-refractivity contribution is 7.14. The van der Waals surface area contributed by atoms with E-state index in [1.54, 1.807) is 10.8 Å². The van der Waals surface area contributed by atoms with Crippen LogP contribution in [-0.4, -0.2) is 29.4 Å². The highest BCUT2D eigenvalue weighted by Gasteiger charge is 2.17. The number of amides is 2. The molecule has 0 aliphatic rings. The van der Waals surface area contributed by atoms with E-state index in [1.807, 2.05) is 30.3 Å². The summed E-state index contributed by atoms with van der Waals surface area (Å²) in [5.41, 5.74) is 6.45. The summed E-state index contributed by atoms with van der Waals surface area (Å²) in [7, 11) is 0. The fraction of sp³-hybridized carbons (Fsp3) is 0.0588. The van der Waals surface area contributed by atoms with E-state index in [4.69, 9.17) is 10.5 Å². The molecule has 132 valence electrons. The van der Waals surface area contributed by atoms with Gasteiger partial charge in [-0.05, 0) is 11.4 Å². The number of thiophene rings is 1. The van der Waals surface area contributed by atoms with Gasteiger partial charge in [0.1, 0.15) is 10.0 Å². The Morgan fingerprint density at radius 2 is 1.88 bits per heavy atom. The number of carbonyl (C=O) groups is 3. The molecule has 3 aromatic rings. The van der Waals surface area contributed by atoms with E-state index < -0.39 is 24.4 Å². The number of aromatic nitrogens is 1. The molecule has 2 amide bonds. The number of thiazole rings is 1. The molecule has 1 aromatic carbocycles. The van der Waals surface area contributed by atoms with Gasteiger partial charge in [0.2, 0.25) is 0 Å². The average Bonchev–Trinajstić information content (AvgIpc) is 3.30. The Morgan fingerprint density at radius 1 is 1.12 bits per heavy atom. The van der Waals surface area contributed by atoms with Crippen molar-refractivity contribution in [2.45, 2.75) is 0 Å². The Kier molecular flexibility index (Phi) is 5.40. The standard InChI is InChI=1S/C17H13N3O4S2/c18-14(22)11-6-7-25-16(11)20-13(21)8-24-17(23)12-9-26-15(19-12)10-4-2-1-3-5-10/h1-7,9H,8H2,(H2,18,22)(H,20,21). The molecule has 9 heteroatoms. The Labute approximate surface area is 156 Å². The summed E-state index contributed by atoms with van der Waals surface area (Å²) in [6.07, 6.45) is 0. The predicted octanol–water partition coefficient (Wildman–Crippen LogP) is 2.77. The van der Waals surface area contributed by atoms with Gasteiger partial charge in [-0.15, -0.1) is 22.7 Å². The molecule has 2 aromatic heterocycles. The van der Waals surface area contributed by atoms with Crippen molar-refractivity contribution < 1.29 is 19.1 Å². The zero-order valence-corrected chi connectivity index (χ0v) is 14.9. The topological polar surface area (TPSA) is 111 Å². The van der Waals surface area contributed by atoms with Crippen LogP contribution in [0.1, 0.15) is 20.8 Å². The lowest BCUT2D eigenvalue weighted by molar-refractivity contribution is -0.119. The van der Waals surface area contributed by atoms with Gasteiger partial charge in [-0.3, -0.25) is 9.59 Å². The van der Waals surface area contributed by atoms with Crippen molar-refractivity contribution in [1.29, 1.82) is 0 Å². The fourth-order valence-electron chi connectivity index (χ4n) is 2.05. The quantitative estimate of drug-likeness (QED) is 0.632. The molecule has 0 fully saturated rings. The first-order valence-corrected chi connectivity index (χ1v) is 9.15. The molecule has 0 aliphatic carbocycles. The Morgan fingerprint density at radius 3 is 2.62 bits per heavy atom. The lowest BCUT2D eigenvalue weighted by atomic mass is 10.2. The normalized spacial score (nSPS) is 10.3. The van der Waals surface area contributed by atoms with Crippen molar-refractivity contribution in [3.8, 4) is 10.6 Å². The number of ether oxygens (including phenoxy) is 1. The monoisotopic (exact) mass is 387 g/mol. The van der Waals surface area contributed by atoms with Crippen molar-refractivity contribution in [3.63, 3.8) is 0 Å². The number of primary amides is 1. The summed E-state index contributed by atoms with van der Waals surface area (Å²) in [5, 5.41) is 6.70. The van der Waals surface area contributed by atoms with Crippen molar-refractivity contribution in [3.05, 3.63) is 58.4 Å². The summed E-state index contributed by atoms with van der Waals surface area (Å²) >= 11 is 2.47. The van der Waals surface area contributed by atoms with Gasteiger partial charge in [0.05, 0.1) is 5.56 Å². The molecule has 0 atom stereocenters. The summed E-state index contributed by atoms with van der Waals surface area (Å²) < 4.78 is 4.97. The summed E-state index contributed by atoms with van der Waals surface area (Å²) in [6.45, 7) is -0.493. The number of rotatable bonds is 6. The number of hydrogen-bond acceptors (Lipinski definition) is 7. The second kappa shape index (κ2) is 7.89. The lowest BCUT2D eigenvalue weighted by Gasteiger charge is -2.05. The molecule has 3 rings (SSSR count). The maximum atomic E-state index is 12.0. The van der Waals surface area contributed by atoms with E-state index in [-0.39, 0.29) is 11.3 Å². The minimum Gasteiger partial charge on any atom is -0.451 e. The Hall–Kier alpha value is -3.04. The Bertz CT molecular complexity index is 950. The number of benzene rings is 1. The van der Waals surface area contributed by atoms with E-state index >= 15 is 0 Å². The first-order chi connectivity index (χ1) is 12.5. The van der Waals surface area contributed by atoms with Gasteiger partial charge in [-0.25, -0.2) is 9.78 Å². The van der Waals surface area contributed by atoms with E-state index in [1.165, 1.54) is 17.4 Å². The summed E-state index contributed by atoms with van der Waals surface area (Å²) in [4.78, 5) is 39.4. The van der Waals surface area contributed by atoms with E-state index in [0.29, 0.717) is 10.0 Å². The van der Waals surface area contributed by atoms with Crippen molar-refractivity contribution >= 4 is 45.5 Å². The van der Waals surface area contributed by atoms with Crippen LogP contribution in [0.25, 0.3) is 10.6 Å². The lowest BCUT2D eigenvalue weighted by Crippen LogP contribution is -2.22. The van der Waals surface area contributed by atoms with E-state index in [0.717, 1.165) is 16.9 Å². The van der Waals surface area contributed by atoms with Gasteiger partial charge in [-0.2, -0.15) is 0 Å². The number of nitrogens with one attached hydrogen (secondary N) is 1. The third-order valence-electron chi connectivity index (χ3n) is 3.25. The van der Waals surface area contributed by atoms with Crippen LogP contribution in [0.4, 0.5) is 5.00 Å². The number of nitrogens with two attached hydrogens (primary N) is 1. The van der Waals surface area contributed by atoms with Crippen molar-refractivity contribution in [1.82, 2.24) is 4.98 Å². The van der Waals surface area contributed by atoms with Crippen molar-refractivity contribution in [2.24, 2.45) is 5.73 Å².